The highest BCUT2D eigenvalue weighted by molar-refractivity contribution is 9.09. The Morgan fingerprint density at radius 2 is 1.88 bits per heavy atom. The van der Waals surface area contributed by atoms with Gasteiger partial charge in [0.2, 0.25) is 0 Å². The van der Waals surface area contributed by atoms with Crippen LogP contribution in [0.15, 0.2) is 11.3 Å². The van der Waals surface area contributed by atoms with Crippen molar-refractivity contribution in [2.24, 2.45) is 5.92 Å². The number of rotatable bonds is 3. The second-order valence-electron chi connectivity index (χ2n) is 5.09. The number of halogens is 1. The van der Waals surface area contributed by atoms with E-state index in [-0.39, 0.29) is 24.5 Å². The van der Waals surface area contributed by atoms with Gasteiger partial charge in [-0.15, -0.1) is 0 Å². The van der Waals surface area contributed by atoms with Crippen LogP contribution in [0.4, 0.5) is 0 Å². The molecule has 1 rings (SSSR count). The fraction of sp³-hybridized carbons (Fsp3) is 0.611. The molecule has 1 aliphatic carbocycles. The van der Waals surface area contributed by atoms with Gasteiger partial charge < -0.3 is 9.47 Å². The second kappa shape index (κ2) is 13.6. The molecule has 24 heavy (non-hydrogen) atoms. The molecule has 0 aromatic carbocycles. The zero-order valence-electron chi connectivity index (χ0n) is 14.5. The number of hydrogen-bond acceptors (Lipinski definition) is 4. The van der Waals surface area contributed by atoms with Crippen molar-refractivity contribution >= 4 is 27.9 Å². The van der Waals surface area contributed by atoms with Crippen molar-refractivity contribution in [3.05, 3.63) is 22.7 Å². The molecule has 0 saturated heterocycles. The van der Waals surface area contributed by atoms with Crippen molar-refractivity contribution in [1.29, 1.82) is 0 Å². The van der Waals surface area contributed by atoms with Gasteiger partial charge in [-0.1, -0.05) is 33.3 Å². The molecule has 0 unspecified atom stereocenters. The summed E-state index contributed by atoms with van der Waals surface area (Å²) in [4.78, 5) is 25.0. The van der Waals surface area contributed by atoms with Gasteiger partial charge in [0.15, 0.2) is 12.3 Å². The predicted octanol–water partition coefficient (Wildman–Crippen LogP) is 3.88. The quantitative estimate of drug-likeness (QED) is 0.313. The molecule has 5 nitrogen and oxygen atoms in total. The maximum absolute atomic E-state index is 11.4. The predicted molar refractivity (Wildman–Crippen MR) is 96.1 cm³/mol. The van der Waals surface area contributed by atoms with Gasteiger partial charge in [0.25, 0.3) is 0 Å². The van der Waals surface area contributed by atoms with Crippen molar-refractivity contribution < 1.29 is 19.1 Å². The van der Waals surface area contributed by atoms with Crippen LogP contribution in [-0.2, 0) is 19.1 Å². The van der Waals surface area contributed by atoms with Crippen LogP contribution >= 0.6 is 15.9 Å². The Labute approximate surface area is 152 Å². The molecule has 132 valence electrons. The van der Waals surface area contributed by atoms with Crippen LogP contribution in [0.3, 0.4) is 0 Å². The van der Waals surface area contributed by atoms with Gasteiger partial charge in [-0.05, 0) is 39.5 Å². The summed E-state index contributed by atoms with van der Waals surface area (Å²) in [5, 5.41) is 0.619. The third-order valence-corrected chi connectivity index (χ3v) is 3.71. The first-order valence-corrected chi connectivity index (χ1v) is 8.96. The molecule has 1 saturated carbocycles. The second-order valence-corrected chi connectivity index (χ2v) is 5.66. The Bertz CT molecular complexity index is 542. The smallest absolute Gasteiger partial charge is 0.308 e. The van der Waals surface area contributed by atoms with Crippen LogP contribution < -0.4 is 0 Å². The number of carbonyl (C=O) groups excluding carboxylic acids is 2. The fourth-order valence-corrected chi connectivity index (χ4v) is 2.34. The third-order valence-electron chi connectivity index (χ3n) is 3.43. The van der Waals surface area contributed by atoms with Crippen molar-refractivity contribution in [3.8, 4) is 11.8 Å². The molecule has 0 amide bonds. The minimum absolute atomic E-state index is 0.0484. The first-order valence-electron chi connectivity index (χ1n) is 7.83. The van der Waals surface area contributed by atoms with E-state index in [1.165, 1.54) is 12.5 Å². The number of esters is 2. The largest absolute Gasteiger partial charge is 0.466 e. The summed E-state index contributed by atoms with van der Waals surface area (Å²) < 4.78 is 9.50. The summed E-state index contributed by atoms with van der Waals surface area (Å²) in [6, 6.07) is 0. The molecule has 0 atom stereocenters. The van der Waals surface area contributed by atoms with E-state index >= 15 is 0 Å². The first kappa shape index (κ1) is 22.2. The molecule has 1 fully saturated rings. The lowest BCUT2D eigenvalue weighted by Gasteiger charge is -2.22. The van der Waals surface area contributed by atoms with Gasteiger partial charge in [-0.2, -0.15) is 0 Å². The van der Waals surface area contributed by atoms with E-state index in [0.29, 0.717) is 11.9 Å². The number of hydrogen-bond donors (Lipinski definition) is 0. The number of nitrogens with zero attached hydrogens (tertiary/aromatic N) is 1. The molecule has 0 heterocycles. The van der Waals surface area contributed by atoms with Crippen LogP contribution in [-0.4, -0.2) is 30.5 Å². The highest BCUT2D eigenvalue weighted by Gasteiger charge is 2.24. The Hall–Kier alpha value is -1.79. The molecule has 6 heteroatoms. The van der Waals surface area contributed by atoms with E-state index in [1.54, 1.807) is 0 Å². The first-order chi connectivity index (χ1) is 11.5. The molecule has 0 aromatic heterocycles. The lowest BCUT2D eigenvalue weighted by Crippen LogP contribution is -2.21. The number of alkyl halides is 1. The average Bonchev–Trinajstić information content (AvgIpc) is 2.59. The average molecular weight is 398 g/mol. The van der Waals surface area contributed by atoms with Crippen molar-refractivity contribution in [1.82, 2.24) is 0 Å². The number of carbonyl (C=O) groups is 2. The van der Waals surface area contributed by atoms with Gasteiger partial charge in [-0.3, -0.25) is 9.59 Å². The van der Waals surface area contributed by atoms with Gasteiger partial charge >= 0.3 is 11.9 Å². The van der Waals surface area contributed by atoms with E-state index in [1.807, 2.05) is 13.8 Å². The summed E-state index contributed by atoms with van der Waals surface area (Å²) in [5.41, 5.74) is 2.02. The maximum atomic E-state index is 11.4. The Morgan fingerprint density at radius 3 is 2.33 bits per heavy atom. The Morgan fingerprint density at radius 1 is 1.25 bits per heavy atom. The van der Waals surface area contributed by atoms with E-state index in [2.05, 4.69) is 37.4 Å². The van der Waals surface area contributed by atoms with E-state index in [4.69, 9.17) is 11.3 Å². The number of ether oxygens (including phenoxy) is 2. The van der Waals surface area contributed by atoms with Crippen LogP contribution in [0, 0.1) is 24.3 Å². The minimum Gasteiger partial charge on any atom is -0.466 e. The van der Waals surface area contributed by atoms with Crippen LogP contribution in [0.5, 0.6) is 0 Å². The molecule has 0 radical (unpaired) electrons. The molecule has 0 aromatic rings. The summed E-state index contributed by atoms with van der Waals surface area (Å²) in [6.45, 7) is 12.6. The van der Waals surface area contributed by atoms with Crippen LogP contribution in [0.25, 0.3) is 4.85 Å². The van der Waals surface area contributed by atoms with Gasteiger partial charge in [0, 0.05) is 6.92 Å². The highest BCUT2D eigenvalue weighted by Crippen LogP contribution is 2.31. The van der Waals surface area contributed by atoms with E-state index < -0.39 is 0 Å². The van der Waals surface area contributed by atoms with E-state index in [0.717, 1.165) is 31.4 Å². The summed E-state index contributed by atoms with van der Waals surface area (Å²) >= 11 is 3.10. The van der Waals surface area contributed by atoms with Gasteiger partial charge in [0.1, 0.15) is 0 Å². The highest BCUT2D eigenvalue weighted by atomic mass is 79.9. The molecule has 0 spiro atoms. The van der Waals surface area contributed by atoms with Crippen LogP contribution in [0.1, 0.15) is 46.5 Å². The van der Waals surface area contributed by atoms with Gasteiger partial charge in [0.05, 0.1) is 24.4 Å². The van der Waals surface area contributed by atoms with Crippen molar-refractivity contribution in [2.75, 3.05) is 18.5 Å². The fourth-order valence-electron chi connectivity index (χ4n) is 2.14. The zero-order chi connectivity index (χ0) is 18.4. The number of allylic oxidation sites excluding steroid dienone is 2. The molecular weight excluding hydrogens is 374 g/mol. The van der Waals surface area contributed by atoms with Crippen molar-refractivity contribution in [2.45, 2.75) is 46.5 Å². The monoisotopic (exact) mass is 397 g/mol. The summed E-state index contributed by atoms with van der Waals surface area (Å²) in [6.07, 6.45) is 3.41. The lowest BCUT2D eigenvalue weighted by atomic mass is 9.85. The molecule has 1 aliphatic rings. The van der Waals surface area contributed by atoms with Crippen molar-refractivity contribution in [3.63, 3.8) is 0 Å². The Balaban J connectivity index is 0.000000506. The SMILES string of the molecule is CC(=O)OCC#CCBr.[C-]#[N+]C(C)=C1CCC(C(=O)OCC)CC1. The zero-order valence-corrected chi connectivity index (χ0v) is 16.1. The molecular formula is C18H24BrNO4. The normalized spacial score (nSPS) is 15.6. The summed E-state index contributed by atoms with van der Waals surface area (Å²) in [7, 11) is 0. The Kier molecular flexibility index (Phi) is 12.6. The minimum atomic E-state index is -0.293. The molecule has 0 aliphatic heterocycles. The lowest BCUT2D eigenvalue weighted by molar-refractivity contribution is -0.148. The molecule has 0 bridgehead atoms. The maximum Gasteiger partial charge on any atom is 0.308 e. The summed E-state index contributed by atoms with van der Waals surface area (Å²) in [5.74, 6) is 5.00. The van der Waals surface area contributed by atoms with Gasteiger partial charge in [-0.25, -0.2) is 4.85 Å². The van der Waals surface area contributed by atoms with Crippen LogP contribution in [0.2, 0.25) is 0 Å². The molecule has 0 N–H and O–H groups in total. The standard InChI is InChI=1S/C12H17NO2.C6H7BrO2/c1-4-15-12(14)11-7-5-10(6-8-11)9(2)13-3;1-6(8)9-5-3-2-4-7/h11H,4-8H2,1-2H3;4-5H2,1H3. The van der Waals surface area contributed by atoms with E-state index in [9.17, 15) is 9.59 Å². The topological polar surface area (TPSA) is 57.0 Å². The third kappa shape index (κ3) is 10.1.